The zero-order chi connectivity index (χ0) is 14.8. The first-order valence-electron chi connectivity index (χ1n) is 7.06. The molecule has 0 aliphatic heterocycles. The molecule has 0 radical (unpaired) electrons. The third-order valence-electron chi connectivity index (χ3n) is 3.10. The lowest BCUT2D eigenvalue weighted by Gasteiger charge is -2.18. The second-order valence-corrected chi connectivity index (χ2v) is 5.55. The van der Waals surface area contributed by atoms with Gasteiger partial charge in [0.05, 0.1) is 12.7 Å². The minimum Gasteiger partial charge on any atom is -0.435 e. The number of hydrogen-bond donors (Lipinski definition) is 0. The van der Waals surface area contributed by atoms with Gasteiger partial charge in [-0.1, -0.05) is 56.3 Å². The lowest BCUT2D eigenvalue weighted by Crippen LogP contribution is -2.08. The van der Waals surface area contributed by atoms with Gasteiger partial charge in [0.25, 0.3) is 0 Å². The van der Waals surface area contributed by atoms with Crippen LogP contribution in [0.3, 0.4) is 0 Å². The van der Waals surface area contributed by atoms with E-state index >= 15 is 0 Å². The Labute approximate surface area is 122 Å². The molecular formula is C18H24O2. The van der Waals surface area contributed by atoms with Crippen molar-refractivity contribution < 1.29 is 9.53 Å². The molecule has 0 spiro atoms. The minimum absolute atomic E-state index is 0.0343. The molecule has 0 amide bonds. The summed E-state index contributed by atoms with van der Waals surface area (Å²) in [6, 6.07) is 9.62. The first kappa shape index (κ1) is 16.2. The van der Waals surface area contributed by atoms with Gasteiger partial charge in [-0.2, -0.15) is 0 Å². The van der Waals surface area contributed by atoms with E-state index in [1.54, 1.807) is 0 Å². The molecule has 0 aromatic heterocycles. The zero-order valence-corrected chi connectivity index (χ0v) is 12.6. The second kappa shape index (κ2) is 8.36. The molecule has 1 rings (SSSR count). The molecule has 1 aromatic carbocycles. The van der Waals surface area contributed by atoms with Crippen molar-refractivity contribution >= 4 is 5.97 Å². The monoisotopic (exact) mass is 272 g/mol. The summed E-state index contributed by atoms with van der Waals surface area (Å²) in [7, 11) is 0. The molecule has 108 valence electrons. The van der Waals surface area contributed by atoms with Crippen molar-refractivity contribution in [1.29, 1.82) is 0 Å². The molecule has 0 aliphatic carbocycles. The number of benzene rings is 1. The SMILES string of the molecule is C/C=C/CCC(C)(C)/C=C/OC(=O)Cc1ccccc1. The largest absolute Gasteiger partial charge is 0.435 e. The fourth-order valence-corrected chi connectivity index (χ4v) is 1.80. The van der Waals surface area contributed by atoms with Gasteiger partial charge in [0.15, 0.2) is 0 Å². The van der Waals surface area contributed by atoms with Gasteiger partial charge in [-0.15, -0.1) is 0 Å². The van der Waals surface area contributed by atoms with Crippen molar-refractivity contribution in [3.05, 3.63) is 60.4 Å². The molecule has 0 saturated heterocycles. The van der Waals surface area contributed by atoms with Crippen molar-refractivity contribution in [1.82, 2.24) is 0 Å². The molecule has 0 N–H and O–H groups in total. The number of esters is 1. The number of ether oxygens (including phenoxy) is 1. The minimum atomic E-state index is -0.225. The maximum atomic E-state index is 11.7. The van der Waals surface area contributed by atoms with Gasteiger partial charge < -0.3 is 4.74 Å². The molecule has 0 heterocycles. The van der Waals surface area contributed by atoms with Crippen LogP contribution in [0, 0.1) is 5.41 Å². The molecular weight excluding hydrogens is 248 g/mol. The van der Waals surface area contributed by atoms with E-state index < -0.39 is 0 Å². The Hall–Kier alpha value is -1.83. The zero-order valence-electron chi connectivity index (χ0n) is 12.6. The molecule has 0 atom stereocenters. The van der Waals surface area contributed by atoms with Crippen LogP contribution in [-0.4, -0.2) is 5.97 Å². The van der Waals surface area contributed by atoms with E-state index in [2.05, 4.69) is 26.0 Å². The van der Waals surface area contributed by atoms with Crippen molar-refractivity contribution in [2.24, 2.45) is 5.41 Å². The van der Waals surface area contributed by atoms with Crippen LogP contribution in [0.25, 0.3) is 0 Å². The lowest BCUT2D eigenvalue weighted by molar-refractivity contribution is -0.137. The Morgan fingerprint density at radius 2 is 1.95 bits per heavy atom. The number of rotatable bonds is 7. The van der Waals surface area contributed by atoms with Gasteiger partial charge >= 0.3 is 5.97 Å². The summed E-state index contributed by atoms with van der Waals surface area (Å²) < 4.78 is 5.15. The summed E-state index contributed by atoms with van der Waals surface area (Å²) in [5.74, 6) is -0.225. The third-order valence-corrected chi connectivity index (χ3v) is 3.10. The summed E-state index contributed by atoms with van der Waals surface area (Å²) >= 11 is 0. The Bertz CT molecular complexity index is 456. The van der Waals surface area contributed by atoms with Crippen LogP contribution in [0.15, 0.2) is 54.8 Å². The predicted octanol–water partition coefficient (Wildman–Crippen LogP) is 4.67. The van der Waals surface area contributed by atoms with Crippen molar-refractivity contribution in [2.75, 3.05) is 0 Å². The highest BCUT2D eigenvalue weighted by atomic mass is 16.5. The highest BCUT2D eigenvalue weighted by molar-refractivity contribution is 5.73. The summed E-state index contributed by atoms with van der Waals surface area (Å²) in [6.07, 6.45) is 10.1. The number of hydrogen-bond acceptors (Lipinski definition) is 2. The van der Waals surface area contributed by atoms with Crippen molar-refractivity contribution in [3.63, 3.8) is 0 Å². The Balaban J connectivity index is 2.37. The highest BCUT2D eigenvalue weighted by Crippen LogP contribution is 2.24. The molecule has 20 heavy (non-hydrogen) atoms. The summed E-state index contributed by atoms with van der Waals surface area (Å²) in [5, 5.41) is 0. The molecule has 2 heteroatoms. The van der Waals surface area contributed by atoms with E-state index in [1.807, 2.05) is 43.3 Å². The van der Waals surface area contributed by atoms with Crippen LogP contribution in [0.4, 0.5) is 0 Å². The molecule has 2 nitrogen and oxygen atoms in total. The van der Waals surface area contributed by atoms with E-state index in [-0.39, 0.29) is 11.4 Å². The second-order valence-electron chi connectivity index (χ2n) is 5.55. The predicted molar refractivity (Wildman–Crippen MR) is 83.2 cm³/mol. The van der Waals surface area contributed by atoms with Gasteiger partial charge in [0.1, 0.15) is 0 Å². The van der Waals surface area contributed by atoms with Gasteiger partial charge in [-0.25, -0.2) is 0 Å². The van der Waals surface area contributed by atoms with E-state index in [4.69, 9.17) is 4.74 Å². The van der Waals surface area contributed by atoms with Gasteiger partial charge in [-0.05, 0) is 36.8 Å². The summed E-state index contributed by atoms with van der Waals surface area (Å²) in [6.45, 7) is 6.30. The van der Waals surface area contributed by atoms with Gasteiger partial charge in [0.2, 0.25) is 0 Å². The maximum absolute atomic E-state index is 11.7. The third kappa shape index (κ3) is 6.93. The standard InChI is InChI=1S/C18H24O2/c1-4-5-9-12-18(2,3)13-14-20-17(19)15-16-10-7-6-8-11-16/h4-8,10-11,13-14H,9,12,15H2,1-3H3/b5-4+,14-13+. The quantitative estimate of drug-likeness (QED) is 0.409. The van der Waals surface area contributed by atoms with E-state index in [9.17, 15) is 4.79 Å². The smallest absolute Gasteiger partial charge is 0.315 e. The van der Waals surface area contributed by atoms with Crippen LogP contribution in [0.5, 0.6) is 0 Å². The Morgan fingerprint density at radius 1 is 1.25 bits per heavy atom. The van der Waals surface area contributed by atoms with E-state index in [0.717, 1.165) is 18.4 Å². The molecule has 0 bridgehead atoms. The van der Waals surface area contributed by atoms with Gasteiger partial charge in [-0.3, -0.25) is 4.79 Å². The average molecular weight is 272 g/mol. The lowest BCUT2D eigenvalue weighted by atomic mass is 9.88. The van der Waals surface area contributed by atoms with Crippen LogP contribution < -0.4 is 0 Å². The van der Waals surface area contributed by atoms with E-state index in [1.165, 1.54) is 6.26 Å². The molecule has 1 aromatic rings. The highest BCUT2D eigenvalue weighted by Gasteiger charge is 2.13. The maximum Gasteiger partial charge on any atom is 0.315 e. The van der Waals surface area contributed by atoms with Crippen molar-refractivity contribution in [3.8, 4) is 0 Å². The van der Waals surface area contributed by atoms with Crippen LogP contribution in [0.2, 0.25) is 0 Å². The number of allylic oxidation sites excluding steroid dienone is 3. The fourth-order valence-electron chi connectivity index (χ4n) is 1.80. The first-order valence-corrected chi connectivity index (χ1v) is 7.06. The molecule has 0 aliphatic rings. The summed E-state index contributed by atoms with van der Waals surface area (Å²) in [4.78, 5) is 11.7. The fraction of sp³-hybridized carbons (Fsp3) is 0.389. The van der Waals surface area contributed by atoms with Crippen LogP contribution in [-0.2, 0) is 16.0 Å². The average Bonchev–Trinajstić information content (AvgIpc) is 2.39. The van der Waals surface area contributed by atoms with Gasteiger partial charge in [0, 0.05) is 0 Å². The molecule has 0 unspecified atom stereocenters. The summed E-state index contributed by atoms with van der Waals surface area (Å²) in [5.41, 5.74) is 1.00. The van der Waals surface area contributed by atoms with Crippen LogP contribution in [0.1, 0.15) is 39.2 Å². The van der Waals surface area contributed by atoms with E-state index in [0.29, 0.717) is 6.42 Å². The Kier molecular flexibility index (Phi) is 6.78. The number of carbonyl (C=O) groups excluding carboxylic acids is 1. The van der Waals surface area contributed by atoms with Crippen molar-refractivity contribution in [2.45, 2.75) is 40.0 Å². The topological polar surface area (TPSA) is 26.3 Å². The normalized spacial score (nSPS) is 12.2. The Morgan fingerprint density at radius 3 is 2.60 bits per heavy atom. The first-order chi connectivity index (χ1) is 9.53. The molecule has 0 fully saturated rings. The number of carbonyl (C=O) groups is 1. The molecule has 0 saturated carbocycles. The van der Waals surface area contributed by atoms with Crippen LogP contribution >= 0.6 is 0 Å².